The Hall–Kier alpha value is -0.570. The first kappa shape index (κ1) is 13.9. The fourth-order valence-electron chi connectivity index (χ4n) is 3.59. The molecule has 3 heteroatoms. The monoisotopic (exact) mass is 253 g/mol. The average Bonchev–Trinajstić information content (AvgIpc) is 2.90. The van der Waals surface area contributed by atoms with Crippen molar-refractivity contribution in [1.29, 1.82) is 0 Å². The van der Waals surface area contributed by atoms with Crippen molar-refractivity contribution >= 4 is 5.97 Å². The normalized spacial score (nSPS) is 25.4. The largest absolute Gasteiger partial charge is 0.481 e. The molecule has 1 heterocycles. The van der Waals surface area contributed by atoms with E-state index in [9.17, 15) is 9.90 Å². The molecule has 1 N–H and O–H groups in total. The zero-order valence-corrected chi connectivity index (χ0v) is 11.7. The minimum atomic E-state index is -0.583. The second kappa shape index (κ2) is 6.05. The maximum absolute atomic E-state index is 11.4. The smallest absolute Gasteiger partial charge is 0.309 e. The third kappa shape index (κ3) is 3.05. The second-order valence-corrected chi connectivity index (χ2v) is 6.22. The van der Waals surface area contributed by atoms with Gasteiger partial charge in [0.05, 0.1) is 5.41 Å². The molecule has 0 spiro atoms. The summed E-state index contributed by atoms with van der Waals surface area (Å²) in [5.41, 5.74) is -0.427. The van der Waals surface area contributed by atoms with Crippen LogP contribution in [-0.4, -0.2) is 35.6 Å². The molecule has 3 nitrogen and oxygen atoms in total. The fourth-order valence-corrected chi connectivity index (χ4v) is 3.59. The molecule has 1 saturated carbocycles. The molecule has 0 radical (unpaired) electrons. The van der Waals surface area contributed by atoms with Crippen LogP contribution in [0.5, 0.6) is 0 Å². The van der Waals surface area contributed by atoms with Crippen LogP contribution in [0.3, 0.4) is 0 Å². The lowest BCUT2D eigenvalue weighted by Crippen LogP contribution is -2.44. The van der Waals surface area contributed by atoms with Gasteiger partial charge in [-0.15, -0.1) is 0 Å². The van der Waals surface area contributed by atoms with E-state index in [0.717, 1.165) is 38.3 Å². The van der Waals surface area contributed by atoms with Gasteiger partial charge in [-0.1, -0.05) is 32.6 Å². The Morgan fingerprint density at radius 1 is 1.28 bits per heavy atom. The van der Waals surface area contributed by atoms with Crippen LogP contribution in [0.15, 0.2) is 0 Å². The minimum absolute atomic E-state index is 0.427. The molecule has 0 amide bonds. The highest BCUT2D eigenvalue weighted by Gasteiger charge is 2.39. The molecule has 1 saturated heterocycles. The molecule has 104 valence electrons. The number of piperidine rings is 1. The zero-order valence-electron chi connectivity index (χ0n) is 11.7. The Balaban J connectivity index is 1.74. The van der Waals surface area contributed by atoms with E-state index in [2.05, 4.69) is 4.90 Å². The third-order valence-electron chi connectivity index (χ3n) is 5.27. The van der Waals surface area contributed by atoms with Gasteiger partial charge < -0.3 is 10.0 Å². The summed E-state index contributed by atoms with van der Waals surface area (Å²) in [6, 6.07) is 0. The number of carboxylic acid groups (broad SMARTS) is 1. The molecule has 2 aliphatic rings. The number of nitrogens with zero attached hydrogens (tertiary/aromatic N) is 1. The lowest BCUT2D eigenvalue weighted by Gasteiger charge is -2.38. The van der Waals surface area contributed by atoms with Crippen molar-refractivity contribution in [3.8, 4) is 0 Å². The Morgan fingerprint density at radius 2 is 1.89 bits per heavy atom. The van der Waals surface area contributed by atoms with Crippen LogP contribution in [0.25, 0.3) is 0 Å². The van der Waals surface area contributed by atoms with E-state index in [1.807, 2.05) is 6.92 Å². The number of hydrogen-bond donors (Lipinski definition) is 1. The number of carboxylic acids is 1. The highest BCUT2D eigenvalue weighted by Crippen LogP contribution is 2.35. The van der Waals surface area contributed by atoms with E-state index in [1.54, 1.807) is 0 Å². The van der Waals surface area contributed by atoms with Crippen LogP contribution in [0.2, 0.25) is 0 Å². The predicted molar refractivity (Wildman–Crippen MR) is 72.6 cm³/mol. The molecule has 0 atom stereocenters. The predicted octanol–water partition coefficient (Wildman–Crippen LogP) is 3.14. The van der Waals surface area contributed by atoms with Gasteiger partial charge in [0.15, 0.2) is 0 Å². The lowest BCUT2D eigenvalue weighted by molar-refractivity contribution is -0.152. The number of aliphatic carboxylic acids is 1. The maximum Gasteiger partial charge on any atom is 0.309 e. The van der Waals surface area contributed by atoms with Crippen molar-refractivity contribution in [2.45, 2.75) is 58.3 Å². The molecule has 2 fully saturated rings. The van der Waals surface area contributed by atoms with E-state index in [1.165, 1.54) is 38.6 Å². The summed E-state index contributed by atoms with van der Waals surface area (Å²) >= 11 is 0. The molecule has 2 rings (SSSR count). The van der Waals surface area contributed by atoms with Gasteiger partial charge in [0.2, 0.25) is 0 Å². The molecule has 0 aromatic rings. The average molecular weight is 253 g/mol. The zero-order chi connectivity index (χ0) is 13.0. The lowest BCUT2D eigenvalue weighted by atomic mass is 9.76. The standard InChI is InChI=1S/C15H27NO2/c1-2-15(14(17)18)8-11-16(12-9-15)10-7-13-5-3-4-6-13/h13H,2-12H2,1H3,(H,17,18). The van der Waals surface area contributed by atoms with Gasteiger partial charge in [-0.05, 0) is 51.2 Å². The topological polar surface area (TPSA) is 40.5 Å². The molecule has 1 aliphatic heterocycles. The van der Waals surface area contributed by atoms with Crippen molar-refractivity contribution in [1.82, 2.24) is 4.90 Å². The summed E-state index contributed by atoms with van der Waals surface area (Å²) in [6.45, 7) is 5.16. The molecule has 0 aromatic heterocycles. The summed E-state index contributed by atoms with van der Waals surface area (Å²) < 4.78 is 0. The number of likely N-dealkylation sites (tertiary alicyclic amines) is 1. The Morgan fingerprint density at radius 3 is 2.39 bits per heavy atom. The molecule has 0 bridgehead atoms. The Bertz CT molecular complexity index is 276. The SMILES string of the molecule is CCC1(C(=O)O)CCN(CCC2CCCC2)CC1. The summed E-state index contributed by atoms with van der Waals surface area (Å²) in [7, 11) is 0. The van der Waals surface area contributed by atoms with Gasteiger partial charge >= 0.3 is 5.97 Å². The number of carbonyl (C=O) groups is 1. The molecule has 0 unspecified atom stereocenters. The fraction of sp³-hybridized carbons (Fsp3) is 0.933. The number of rotatable bonds is 5. The van der Waals surface area contributed by atoms with Gasteiger partial charge in [-0.25, -0.2) is 0 Å². The number of hydrogen-bond acceptors (Lipinski definition) is 2. The van der Waals surface area contributed by atoms with Crippen LogP contribution < -0.4 is 0 Å². The minimum Gasteiger partial charge on any atom is -0.481 e. The Labute approximate surface area is 111 Å². The van der Waals surface area contributed by atoms with E-state index in [4.69, 9.17) is 0 Å². The summed E-state index contributed by atoms with van der Waals surface area (Å²) in [5.74, 6) is 0.364. The summed E-state index contributed by atoms with van der Waals surface area (Å²) in [5, 5.41) is 9.36. The van der Waals surface area contributed by atoms with Crippen molar-refractivity contribution in [2.75, 3.05) is 19.6 Å². The van der Waals surface area contributed by atoms with Crippen LogP contribution in [0, 0.1) is 11.3 Å². The highest BCUT2D eigenvalue weighted by atomic mass is 16.4. The molecular formula is C15H27NO2. The van der Waals surface area contributed by atoms with Crippen LogP contribution in [0.1, 0.15) is 58.3 Å². The van der Waals surface area contributed by atoms with Gasteiger partial charge in [-0.3, -0.25) is 4.79 Å². The molecular weight excluding hydrogens is 226 g/mol. The summed E-state index contributed by atoms with van der Waals surface area (Å²) in [6.07, 6.45) is 9.45. The van der Waals surface area contributed by atoms with E-state index in [0.29, 0.717) is 0 Å². The molecule has 18 heavy (non-hydrogen) atoms. The van der Waals surface area contributed by atoms with E-state index in [-0.39, 0.29) is 0 Å². The van der Waals surface area contributed by atoms with Gasteiger partial charge in [0, 0.05) is 0 Å². The second-order valence-electron chi connectivity index (χ2n) is 6.22. The van der Waals surface area contributed by atoms with Gasteiger partial charge in [0.1, 0.15) is 0 Å². The van der Waals surface area contributed by atoms with Crippen molar-refractivity contribution in [2.24, 2.45) is 11.3 Å². The van der Waals surface area contributed by atoms with Gasteiger partial charge in [0.25, 0.3) is 0 Å². The molecule has 1 aliphatic carbocycles. The van der Waals surface area contributed by atoms with Crippen molar-refractivity contribution < 1.29 is 9.90 Å². The first-order valence-corrected chi connectivity index (χ1v) is 7.62. The van der Waals surface area contributed by atoms with E-state index >= 15 is 0 Å². The van der Waals surface area contributed by atoms with Crippen molar-refractivity contribution in [3.63, 3.8) is 0 Å². The Kier molecular flexibility index (Phi) is 4.66. The maximum atomic E-state index is 11.4. The highest BCUT2D eigenvalue weighted by molar-refractivity contribution is 5.74. The van der Waals surface area contributed by atoms with Crippen LogP contribution >= 0.6 is 0 Å². The van der Waals surface area contributed by atoms with Crippen LogP contribution in [-0.2, 0) is 4.79 Å². The first-order valence-electron chi connectivity index (χ1n) is 7.62. The van der Waals surface area contributed by atoms with Crippen molar-refractivity contribution in [3.05, 3.63) is 0 Å². The first-order chi connectivity index (χ1) is 8.66. The van der Waals surface area contributed by atoms with Crippen LogP contribution in [0.4, 0.5) is 0 Å². The molecule has 0 aromatic carbocycles. The third-order valence-corrected chi connectivity index (χ3v) is 5.27. The quantitative estimate of drug-likeness (QED) is 0.818. The van der Waals surface area contributed by atoms with E-state index < -0.39 is 11.4 Å². The summed E-state index contributed by atoms with van der Waals surface area (Å²) in [4.78, 5) is 13.8. The van der Waals surface area contributed by atoms with Gasteiger partial charge in [-0.2, -0.15) is 0 Å².